The molecule has 4 heteroatoms. The summed E-state index contributed by atoms with van der Waals surface area (Å²) in [5.41, 5.74) is 1.54. The zero-order valence-electron chi connectivity index (χ0n) is 17.8. The van der Waals surface area contributed by atoms with Gasteiger partial charge in [-0.25, -0.2) is 0 Å². The van der Waals surface area contributed by atoms with Crippen molar-refractivity contribution in [1.82, 2.24) is 10.6 Å². The summed E-state index contributed by atoms with van der Waals surface area (Å²) in [6.45, 7) is 5.70. The largest absolute Gasteiger partial charge is 0.381 e. The van der Waals surface area contributed by atoms with Crippen molar-refractivity contribution in [2.24, 2.45) is 16.7 Å². The fourth-order valence-corrected chi connectivity index (χ4v) is 7.79. The molecule has 4 atom stereocenters. The Bertz CT molecular complexity index is 746. The van der Waals surface area contributed by atoms with Gasteiger partial charge in [0, 0.05) is 12.6 Å². The SMILES string of the molecule is CCOCC12CC3CC(C(=O)NC4CCNCC4)(C1)C[C@@](c1ccccc1)(C3)C2. The molecule has 0 spiro atoms. The third-order valence-corrected chi connectivity index (χ3v) is 8.34. The monoisotopic (exact) mass is 396 g/mol. The van der Waals surface area contributed by atoms with Gasteiger partial charge in [0.25, 0.3) is 0 Å². The van der Waals surface area contributed by atoms with Crippen LogP contribution in [0.25, 0.3) is 0 Å². The van der Waals surface area contributed by atoms with E-state index in [9.17, 15) is 4.79 Å². The highest BCUT2D eigenvalue weighted by atomic mass is 16.5. The maximum absolute atomic E-state index is 13.8. The van der Waals surface area contributed by atoms with Crippen LogP contribution >= 0.6 is 0 Å². The van der Waals surface area contributed by atoms with E-state index >= 15 is 0 Å². The Kier molecular flexibility index (Phi) is 4.98. The Morgan fingerprint density at radius 2 is 1.90 bits per heavy atom. The molecule has 4 aliphatic carbocycles. The number of hydrogen-bond donors (Lipinski definition) is 2. The molecule has 158 valence electrons. The Balaban J connectivity index is 1.48. The van der Waals surface area contributed by atoms with Gasteiger partial charge in [-0.1, -0.05) is 30.3 Å². The van der Waals surface area contributed by atoms with Gasteiger partial charge in [-0.3, -0.25) is 4.79 Å². The molecule has 29 heavy (non-hydrogen) atoms. The molecule has 5 fully saturated rings. The predicted molar refractivity (Wildman–Crippen MR) is 115 cm³/mol. The van der Waals surface area contributed by atoms with Crippen LogP contribution in [-0.4, -0.2) is 38.3 Å². The average Bonchev–Trinajstić information content (AvgIpc) is 2.73. The van der Waals surface area contributed by atoms with Gasteiger partial charge < -0.3 is 15.4 Å². The molecule has 0 radical (unpaired) electrons. The van der Waals surface area contributed by atoms with Crippen LogP contribution in [0.3, 0.4) is 0 Å². The quantitative estimate of drug-likeness (QED) is 0.769. The summed E-state index contributed by atoms with van der Waals surface area (Å²) in [5, 5.41) is 6.91. The van der Waals surface area contributed by atoms with E-state index in [1.807, 2.05) is 0 Å². The second kappa shape index (κ2) is 7.39. The van der Waals surface area contributed by atoms with E-state index in [1.165, 1.54) is 24.8 Å². The summed E-state index contributed by atoms with van der Waals surface area (Å²) in [7, 11) is 0. The fraction of sp³-hybridized carbons (Fsp3) is 0.720. The molecule has 1 aliphatic heterocycles. The third kappa shape index (κ3) is 3.42. The van der Waals surface area contributed by atoms with Crippen molar-refractivity contribution in [3.05, 3.63) is 35.9 Å². The van der Waals surface area contributed by atoms with Crippen molar-refractivity contribution >= 4 is 5.91 Å². The van der Waals surface area contributed by atoms with Gasteiger partial charge >= 0.3 is 0 Å². The molecule has 1 saturated heterocycles. The lowest BCUT2D eigenvalue weighted by atomic mass is 9.38. The molecule has 3 unspecified atom stereocenters. The van der Waals surface area contributed by atoms with E-state index in [4.69, 9.17) is 4.74 Å². The number of carbonyl (C=O) groups excluding carboxylic acids is 1. The number of nitrogens with one attached hydrogen (secondary N) is 2. The first-order chi connectivity index (χ1) is 14.1. The molecule has 1 aromatic carbocycles. The summed E-state index contributed by atoms with van der Waals surface area (Å²) in [5.74, 6) is 0.986. The van der Waals surface area contributed by atoms with Crippen molar-refractivity contribution in [1.29, 1.82) is 0 Å². The fourth-order valence-electron chi connectivity index (χ4n) is 7.79. The van der Waals surface area contributed by atoms with Crippen LogP contribution in [0.4, 0.5) is 0 Å². The van der Waals surface area contributed by atoms with Crippen LogP contribution in [0, 0.1) is 16.7 Å². The molecule has 4 nitrogen and oxygen atoms in total. The van der Waals surface area contributed by atoms with Crippen LogP contribution < -0.4 is 10.6 Å². The second-order valence-corrected chi connectivity index (χ2v) is 10.6. The highest BCUT2D eigenvalue weighted by Gasteiger charge is 2.66. The standard InChI is InChI=1S/C25H36N2O2/c1-2-29-18-23-12-19-13-24(15-23,20-6-4-3-5-7-20)17-25(14-19,16-23)22(28)27-21-8-10-26-11-9-21/h3-7,19,21,26H,2,8-18H2,1H3,(H,27,28)/t19?,23?,24-,25?/m1/s1. The van der Waals surface area contributed by atoms with Crippen molar-refractivity contribution in [3.8, 4) is 0 Å². The number of ether oxygens (including phenoxy) is 1. The molecule has 1 amide bonds. The normalized spacial score (nSPS) is 38.9. The van der Waals surface area contributed by atoms with Crippen LogP contribution in [0.5, 0.6) is 0 Å². The summed E-state index contributed by atoms with van der Waals surface area (Å²) < 4.78 is 6.03. The van der Waals surface area contributed by atoms with Gasteiger partial charge in [0.2, 0.25) is 5.91 Å². The van der Waals surface area contributed by atoms with Gasteiger partial charge in [-0.05, 0) is 93.7 Å². The van der Waals surface area contributed by atoms with Gasteiger partial charge in [-0.2, -0.15) is 0 Å². The number of hydrogen-bond acceptors (Lipinski definition) is 3. The van der Waals surface area contributed by atoms with Crippen LogP contribution in [0.1, 0.15) is 63.9 Å². The van der Waals surface area contributed by atoms with E-state index in [1.54, 1.807) is 0 Å². The molecule has 0 aromatic heterocycles. The van der Waals surface area contributed by atoms with E-state index in [0.717, 1.165) is 58.4 Å². The Hall–Kier alpha value is -1.39. The van der Waals surface area contributed by atoms with Crippen molar-refractivity contribution in [3.63, 3.8) is 0 Å². The summed E-state index contributed by atoms with van der Waals surface area (Å²) in [6, 6.07) is 11.4. The Morgan fingerprint density at radius 1 is 1.10 bits per heavy atom. The minimum atomic E-state index is -0.211. The average molecular weight is 397 g/mol. The molecule has 4 saturated carbocycles. The Labute approximate surface area is 175 Å². The topological polar surface area (TPSA) is 50.4 Å². The molecule has 6 rings (SSSR count). The molecule has 1 heterocycles. The Morgan fingerprint density at radius 3 is 2.66 bits per heavy atom. The lowest BCUT2D eigenvalue weighted by molar-refractivity contribution is -0.172. The zero-order valence-corrected chi connectivity index (χ0v) is 17.8. The van der Waals surface area contributed by atoms with Gasteiger partial charge in [0.15, 0.2) is 0 Å². The minimum Gasteiger partial charge on any atom is -0.381 e. The van der Waals surface area contributed by atoms with Crippen LogP contribution in [0.2, 0.25) is 0 Å². The number of rotatable bonds is 6. The summed E-state index contributed by atoms with van der Waals surface area (Å²) in [6.07, 6.45) is 8.89. The molecule has 2 N–H and O–H groups in total. The third-order valence-electron chi connectivity index (χ3n) is 8.34. The van der Waals surface area contributed by atoms with Crippen LogP contribution in [0.15, 0.2) is 30.3 Å². The lowest BCUT2D eigenvalue weighted by Gasteiger charge is -2.66. The first-order valence-corrected chi connectivity index (χ1v) is 11.7. The highest BCUT2D eigenvalue weighted by molar-refractivity contribution is 5.84. The van der Waals surface area contributed by atoms with Gasteiger partial charge in [0.1, 0.15) is 0 Å². The zero-order chi connectivity index (χ0) is 20.0. The lowest BCUT2D eigenvalue weighted by Crippen LogP contribution is -2.64. The first kappa shape index (κ1) is 19.6. The summed E-state index contributed by atoms with van der Waals surface area (Å²) in [4.78, 5) is 13.8. The van der Waals surface area contributed by atoms with Crippen molar-refractivity contribution < 1.29 is 9.53 Å². The van der Waals surface area contributed by atoms with Crippen molar-refractivity contribution in [2.75, 3.05) is 26.3 Å². The van der Waals surface area contributed by atoms with Crippen LogP contribution in [-0.2, 0) is 14.9 Å². The minimum absolute atomic E-state index is 0.142. The van der Waals surface area contributed by atoms with E-state index < -0.39 is 0 Å². The number of carbonyl (C=O) groups is 1. The highest BCUT2D eigenvalue weighted by Crippen LogP contribution is 2.70. The molecule has 5 aliphatic rings. The molecule has 1 aromatic rings. The van der Waals surface area contributed by atoms with E-state index in [-0.39, 0.29) is 16.2 Å². The summed E-state index contributed by atoms with van der Waals surface area (Å²) >= 11 is 0. The van der Waals surface area contributed by atoms with E-state index in [2.05, 4.69) is 47.9 Å². The first-order valence-electron chi connectivity index (χ1n) is 11.7. The maximum atomic E-state index is 13.8. The predicted octanol–water partition coefficient (Wildman–Crippen LogP) is 3.80. The smallest absolute Gasteiger partial charge is 0.226 e. The molecular formula is C25H36N2O2. The van der Waals surface area contributed by atoms with E-state index in [0.29, 0.717) is 17.9 Å². The maximum Gasteiger partial charge on any atom is 0.226 e. The number of piperidine rings is 1. The number of benzene rings is 1. The second-order valence-electron chi connectivity index (χ2n) is 10.6. The number of amides is 1. The van der Waals surface area contributed by atoms with Crippen molar-refractivity contribution in [2.45, 2.75) is 69.7 Å². The molecular weight excluding hydrogens is 360 g/mol. The van der Waals surface area contributed by atoms with Gasteiger partial charge in [0.05, 0.1) is 12.0 Å². The molecule has 4 bridgehead atoms. The van der Waals surface area contributed by atoms with Gasteiger partial charge in [-0.15, -0.1) is 0 Å².